The van der Waals surface area contributed by atoms with Crippen LogP contribution in [-0.2, 0) is 10.0 Å². The number of ether oxygens (including phenoxy) is 1. The van der Waals surface area contributed by atoms with Crippen LogP contribution >= 0.6 is 0 Å². The van der Waals surface area contributed by atoms with E-state index in [2.05, 4.69) is 19.1 Å². The molecule has 114 valence electrons. The van der Waals surface area contributed by atoms with Crippen LogP contribution in [0.2, 0.25) is 0 Å². The Morgan fingerprint density at radius 3 is 2.76 bits per heavy atom. The maximum atomic E-state index is 12.4. The van der Waals surface area contributed by atoms with Gasteiger partial charge in [-0.15, -0.1) is 0 Å². The summed E-state index contributed by atoms with van der Waals surface area (Å²) in [6.07, 6.45) is -0.435. The lowest BCUT2D eigenvalue weighted by molar-refractivity contribution is 0.116. The van der Waals surface area contributed by atoms with Gasteiger partial charge in [0, 0.05) is 0 Å². The molecule has 7 nitrogen and oxygen atoms in total. The summed E-state index contributed by atoms with van der Waals surface area (Å²) in [7, 11) is -4.17. The summed E-state index contributed by atoms with van der Waals surface area (Å²) in [4.78, 5) is 7.60. The fourth-order valence-corrected chi connectivity index (χ4v) is 2.33. The van der Waals surface area contributed by atoms with Crippen LogP contribution in [0.1, 0.15) is 19.1 Å². The van der Waals surface area contributed by atoms with Crippen LogP contribution in [0, 0.1) is 0 Å². The third kappa shape index (κ3) is 3.66. The first kappa shape index (κ1) is 15.2. The predicted octanol–water partition coefficient (Wildman–Crippen LogP) is 2.21. The Morgan fingerprint density at radius 2 is 2.14 bits per heavy atom. The van der Waals surface area contributed by atoms with Crippen LogP contribution in [0.3, 0.4) is 0 Å². The molecule has 2 heterocycles. The summed E-state index contributed by atoms with van der Waals surface area (Å²) in [6.45, 7) is 2.06. The molecule has 2 rings (SSSR count). The number of sulfonamides is 1. The molecule has 1 N–H and O–H groups in total. The fraction of sp³-hybridized carbons (Fsp3) is 0.273. The normalized spacial score (nSPS) is 11.6. The fourth-order valence-electron chi connectivity index (χ4n) is 1.40. The third-order valence-electron chi connectivity index (χ3n) is 2.23. The molecular weight excluding hydrogens is 308 g/mol. The topological polar surface area (TPSA) is 94.3 Å². The lowest BCUT2D eigenvalue weighted by Gasteiger charge is -2.06. The molecule has 0 spiro atoms. The average molecular weight is 319 g/mol. The van der Waals surface area contributed by atoms with Gasteiger partial charge in [-0.1, -0.05) is 0 Å². The number of anilines is 1. The van der Waals surface area contributed by atoms with Crippen molar-refractivity contribution in [3.63, 3.8) is 0 Å². The Hall–Kier alpha value is -2.23. The minimum atomic E-state index is -4.17. The largest absolute Gasteiger partial charge is 0.477 e. The standard InChI is InChI=1S/C11H11F2N3O4S/c1-2-19-9-6-14-5-8(15-9)16-21(17,18)10-4-3-7(20-10)11(12)13/h3-6,11H,2H2,1H3,(H,15,16). The first-order chi connectivity index (χ1) is 9.92. The maximum absolute atomic E-state index is 12.4. The molecule has 0 fully saturated rings. The number of nitrogens with one attached hydrogen (secondary N) is 1. The van der Waals surface area contributed by atoms with Crippen molar-refractivity contribution < 1.29 is 26.4 Å². The Bertz CT molecular complexity index is 718. The molecule has 2 aromatic heterocycles. The van der Waals surface area contributed by atoms with Crippen molar-refractivity contribution in [2.24, 2.45) is 0 Å². The van der Waals surface area contributed by atoms with Gasteiger partial charge in [-0.3, -0.25) is 9.71 Å². The molecule has 0 aliphatic carbocycles. The van der Waals surface area contributed by atoms with Crippen molar-refractivity contribution in [1.29, 1.82) is 0 Å². The van der Waals surface area contributed by atoms with Crippen LogP contribution in [0.25, 0.3) is 0 Å². The Kier molecular flexibility index (Phi) is 4.36. The first-order valence-corrected chi connectivity index (χ1v) is 7.26. The van der Waals surface area contributed by atoms with Gasteiger partial charge < -0.3 is 9.15 Å². The number of hydrogen-bond donors (Lipinski definition) is 1. The zero-order valence-corrected chi connectivity index (χ0v) is 11.6. The van der Waals surface area contributed by atoms with Crippen LogP contribution < -0.4 is 9.46 Å². The third-order valence-corrected chi connectivity index (χ3v) is 3.45. The summed E-state index contributed by atoms with van der Waals surface area (Å²) in [5.41, 5.74) is 0. The van der Waals surface area contributed by atoms with Gasteiger partial charge in [-0.05, 0) is 19.1 Å². The van der Waals surface area contributed by atoms with Crippen LogP contribution in [0.5, 0.6) is 5.88 Å². The minimum absolute atomic E-state index is 0.115. The molecule has 0 aromatic carbocycles. The lowest BCUT2D eigenvalue weighted by Crippen LogP contribution is -2.13. The Labute approximate surface area is 119 Å². The number of hydrogen-bond acceptors (Lipinski definition) is 6. The van der Waals surface area contributed by atoms with E-state index >= 15 is 0 Å². The van der Waals surface area contributed by atoms with Crippen molar-refractivity contribution in [2.45, 2.75) is 18.4 Å². The lowest BCUT2D eigenvalue weighted by atomic mass is 10.5. The van der Waals surface area contributed by atoms with Crippen LogP contribution in [0.15, 0.2) is 34.0 Å². The van der Waals surface area contributed by atoms with Crippen molar-refractivity contribution >= 4 is 15.8 Å². The van der Waals surface area contributed by atoms with Gasteiger partial charge in [0.2, 0.25) is 11.0 Å². The number of alkyl halides is 2. The van der Waals surface area contributed by atoms with E-state index < -0.39 is 27.3 Å². The molecule has 0 bridgehead atoms. The van der Waals surface area contributed by atoms with E-state index in [9.17, 15) is 17.2 Å². The van der Waals surface area contributed by atoms with E-state index in [-0.39, 0.29) is 11.7 Å². The molecule has 0 unspecified atom stereocenters. The van der Waals surface area contributed by atoms with Crippen molar-refractivity contribution in [3.05, 3.63) is 30.3 Å². The van der Waals surface area contributed by atoms with Gasteiger partial charge in [0.1, 0.15) is 0 Å². The van der Waals surface area contributed by atoms with E-state index in [0.29, 0.717) is 6.61 Å². The average Bonchev–Trinajstić information content (AvgIpc) is 2.89. The molecule has 10 heteroatoms. The van der Waals surface area contributed by atoms with Crippen LogP contribution in [0.4, 0.5) is 14.6 Å². The Balaban J connectivity index is 2.22. The first-order valence-electron chi connectivity index (χ1n) is 5.78. The minimum Gasteiger partial charge on any atom is -0.477 e. The summed E-state index contributed by atoms with van der Waals surface area (Å²) >= 11 is 0. The highest BCUT2D eigenvalue weighted by Crippen LogP contribution is 2.24. The number of rotatable bonds is 6. The molecule has 0 amide bonds. The molecule has 0 saturated heterocycles. The van der Waals surface area contributed by atoms with Gasteiger partial charge in [-0.2, -0.15) is 13.4 Å². The summed E-state index contributed by atoms with van der Waals surface area (Å²) in [6, 6.07) is 1.82. The smallest absolute Gasteiger partial charge is 0.296 e. The highest BCUT2D eigenvalue weighted by atomic mass is 32.2. The number of halogens is 2. The molecule has 0 atom stereocenters. The molecule has 0 aliphatic rings. The van der Waals surface area contributed by atoms with Crippen LogP contribution in [-0.4, -0.2) is 25.0 Å². The number of furan rings is 1. The van der Waals surface area contributed by atoms with E-state index in [0.717, 1.165) is 18.3 Å². The summed E-state index contributed by atoms with van der Waals surface area (Å²) in [5, 5.41) is -0.638. The molecule has 0 aliphatic heterocycles. The van der Waals surface area contributed by atoms with Gasteiger partial charge >= 0.3 is 0 Å². The summed E-state index contributed by atoms with van der Waals surface area (Å²) < 4.78 is 60.4. The zero-order valence-electron chi connectivity index (χ0n) is 10.8. The van der Waals surface area contributed by atoms with Crippen molar-refractivity contribution in [2.75, 3.05) is 11.3 Å². The van der Waals surface area contributed by atoms with Gasteiger partial charge in [0.05, 0.1) is 19.0 Å². The van der Waals surface area contributed by atoms with Gasteiger partial charge in [-0.25, -0.2) is 8.78 Å². The Morgan fingerprint density at radius 1 is 1.38 bits per heavy atom. The van der Waals surface area contributed by atoms with Crippen molar-refractivity contribution in [3.8, 4) is 5.88 Å². The van der Waals surface area contributed by atoms with Crippen molar-refractivity contribution in [1.82, 2.24) is 9.97 Å². The monoisotopic (exact) mass is 319 g/mol. The van der Waals surface area contributed by atoms with Gasteiger partial charge in [0.15, 0.2) is 11.6 Å². The second-order valence-corrected chi connectivity index (χ2v) is 5.35. The molecule has 21 heavy (non-hydrogen) atoms. The van der Waals surface area contributed by atoms with Gasteiger partial charge in [0.25, 0.3) is 16.4 Å². The molecular formula is C11H11F2N3O4S. The number of aromatic nitrogens is 2. The summed E-state index contributed by atoms with van der Waals surface area (Å²) in [5.74, 6) is -0.717. The van der Waals surface area contributed by atoms with E-state index in [1.54, 1.807) is 6.92 Å². The second kappa shape index (κ2) is 6.04. The predicted molar refractivity (Wildman–Crippen MR) is 67.7 cm³/mol. The molecule has 2 aromatic rings. The van der Waals surface area contributed by atoms with E-state index in [1.807, 2.05) is 0 Å². The quantitative estimate of drug-likeness (QED) is 0.877. The SMILES string of the molecule is CCOc1cncc(NS(=O)(=O)c2ccc(C(F)F)o2)n1. The number of nitrogens with zero attached hydrogens (tertiary/aromatic N) is 2. The maximum Gasteiger partial charge on any atom is 0.296 e. The zero-order chi connectivity index (χ0) is 15.5. The second-order valence-electron chi connectivity index (χ2n) is 3.74. The van der Waals surface area contributed by atoms with E-state index in [1.165, 1.54) is 6.20 Å². The molecule has 0 radical (unpaired) electrons. The highest BCUT2D eigenvalue weighted by Gasteiger charge is 2.22. The molecule has 0 saturated carbocycles. The van der Waals surface area contributed by atoms with E-state index in [4.69, 9.17) is 4.74 Å². The highest BCUT2D eigenvalue weighted by molar-refractivity contribution is 7.92.